The average molecular weight is 315 g/mol. The molecule has 2 rings (SSSR count). The SMILES string of the molecule is CCc1ncc(S(=O)(=O)N2CCCC(CCC(=O)O)C2)[nH]1. The van der Waals surface area contributed by atoms with Gasteiger partial charge in [-0.1, -0.05) is 6.92 Å². The first kappa shape index (κ1) is 16.0. The highest BCUT2D eigenvalue weighted by molar-refractivity contribution is 7.89. The number of hydrogen-bond donors (Lipinski definition) is 2. The van der Waals surface area contributed by atoms with Crippen LogP contribution in [-0.4, -0.2) is 46.9 Å². The lowest BCUT2D eigenvalue weighted by molar-refractivity contribution is -0.137. The fourth-order valence-corrected chi connectivity index (χ4v) is 4.09. The number of aryl methyl sites for hydroxylation is 1. The van der Waals surface area contributed by atoms with Gasteiger partial charge >= 0.3 is 5.97 Å². The molecule has 1 aliphatic heterocycles. The zero-order valence-corrected chi connectivity index (χ0v) is 12.9. The van der Waals surface area contributed by atoms with Crippen LogP contribution in [0.1, 0.15) is 38.4 Å². The van der Waals surface area contributed by atoms with Gasteiger partial charge in [0.05, 0.1) is 6.20 Å². The molecule has 2 N–H and O–H groups in total. The van der Waals surface area contributed by atoms with Crippen LogP contribution in [0.4, 0.5) is 0 Å². The van der Waals surface area contributed by atoms with Crippen LogP contribution < -0.4 is 0 Å². The highest BCUT2D eigenvalue weighted by Gasteiger charge is 2.31. The van der Waals surface area contributed by atoms with E-state index < -0.39 is 16.0 Å². The molecule has 1 aromatic rings. The summed E-state index contributed by atoms with van der Waals surface area (Å²) in [6.45, 7) is 2.76. The Morgan fingerprint density at radius 1 is 1.57 bits per heavy atom. The first-order chi connectivity index (χ1) is 9.93. The van der Waals surface area contributed by atoms with Crippen molar-refractivity contribution < 1.29 is 18.3 Å². The predicted molar refractivity (Wildman–Crippen MR) is 76.3 cm³/mol. The number of rotatable bonds is 6. The normalized spacial score (nSPS) is 20.5. The van der Waals surface area contributed by atoms with Crippen LogP contribution >= 0.6 is 0 Å². The van der Waals surface area contributed by atoms with Crippen molar-refractivity contribution in [2.45, 2.75) is 44.1 Å². The van der Waals surface area contributed by atoms with E-state index in [1.54, 1.807) is 0 Å². The van der Waals surface area contributed by atoms with Gasteiger partial charge in [-0.3, -0.25) is 4.79 Å². The van der Waals surface area contributed by atoms with E-state index in [0.29, 0.717) is 31.8 Å². The van der Waals surface area contributed by atoms with E-state index in [2.05, 4.69) is 9.97 Å². The van der Waals surface area contributed by atoms with Gasteiger partial charge in [0.15, 0.2) is 5.03 Å². The molecule has 118 valence electrons. The third kappa shape index (κ3) is 3.82. The van der Waals surface area contributed by atoms with Crippen molar-refractivity contribution in [3.05, 3.63) is 12.0 Å². The molecule has 0 aromatic carbocycles. The van der Waals surface area contributed by atoms with E-state index in [1.165, 1.54) is 10.5 Å². The van der Waals surface area contributed by atoms with E-state index in [0.717, 1.165) is 12.8 Å². The van der Waals surface area contributed by atoms with Gasteiger partial charge < -0.3 is 10.1 Å². The number of sulfonamides is 1. The van der Waals surface area contributed by atoms with Crippen LogP contribution in [0.15, 0.2) is 11.2 Å². The predicted octanol–water partition coefficient (Wildman–Crippen LogP) is 1.24. The van der Waals surface area contributed by atoms with Gasteiger partial charge in [0.1, 0.15) is 5.82 Å². The number of aliphatic carboxylic acids is 1. The summed E-state index contributed by atoms with van der Waals surface area (Å²) in [4.78, 5) is 17.5. The minimum absolute atomic E-state index is 0.0859. The molecule has 1 aromatic heterocycles. The molecule has 0 saturated carbocycles. The minimum atomic E-state index is -3.55. The Bertz CT molecular complexity index is 596. The van der Waals surface area contributed by atoms with Crippen LogP contribution in [-0.2, 0) is 21.2 Å². The summed E-state index contributed by atoms with van der Waals surface area (Å²) >= 11 is 0. The van der Waals surface area contributed by atoms with Gasteiger partial charge in [-0.2, -0.15) is 4.31 Å². The second-order valence-electron chi connectivity index (χ2n) is 5.35. The number of aromatic nitrogens is 2. The number of piperidine rings is 1. The number of H-pyrrole nitrogens is 1. The molecule has 1 unspecified atom stereocenters. The van der Waals surface area contributed by atoms with Gasteiger partial charge in [0.25, 0.3) is 10.0 Å². The highest BCUT2D eigenvalue weighted by Crippen LogP contribution is 2.25. The summed E-state index contributed by atoms with van der Waals surface area (Å²) in [7, 11) is -3.55. The smallest absolute Gasteiger partial charge is 0.303 e. The molecule has 0 bridgehead atoms. The first-order valence-corrected chi connectivity index (χ1v) is 8.63. The van der Waals surface area contributed by atoms with Gasteiger partial charge in [-0.05, 0) is 25.2 Å². The van der Waals surface area contributed by atoms with E-state index in [-0.39, 0.29) is 17.4 Å². The Kier molecular flexibility index (Phi) is 5.00. The van der Waals surface area contributed by atoms with Crippen molar-refractivity contribution >= 4 is 16.0 Å². The average Bonchev–Trinajstić information content (AvgIpc) is 2.95. The number of carbonyl (C=O) groups is 1. The number of nitrogens with zero attached hydrogens (tertiary/aromatic N) is 2. The summed E-state index contributed by atoms with van der Waals surface area (Å²) in [6, 6.07) is 0. The molecule has 1 aliphatic rings. The van der Waals surface area contributed by atoms with Gasteiger partial charge in [0, 0.05) is 25.9 Å². The van der Waals surface area contributed by atoms with Crippen molar-refractivity contribution in [3.8, 4) is 0 Å². The number of carboxylic acid groups (broad SMARTS) is 1. The Hall–Kier alpha value is -1.41. The molecule has 1 fully saturated rings. The molecule has 7 nitrogen and oxygen atoms in total. The Morgan fingerprint density at radius 3 is 2.95 bits per heavy atom. The number of nitrogens with one attached hydrogen (secondary N) is 1. The standard InChI is InChI=1S/C13H21N3O4S/c1-2-11-14-8-12(15-11)21(19,20)16-7-3-4-10(9-16)5-6-13(17)18/h8,10H,2-7,9H2,1H3,(H,14,15)(H,17,18). The number of imidazole rings is 1. The molecule has 2 heterocycles. The van der Waals surface area contributed by atoms with Crippen LogP contribution in [0.5, 0.6) is 0 Å². The molecule has 0 amide bonds. The zero-order valence-electron chi connectivity index (χ0n) is 12.1. The molecule has 21 heavy (non-hydrogen) atoms. The molecule has 1 atom stereocenters. The van der Waals surface area contributed by atoms with E-state index >= 15 is 0 Å². The topological polar surface area (TPSA) is 103 Å². The van der Waals surface area contributed by atoms with Crippen molar-refractivity contribution in [1.82, 2.24) is 14.3 Å². The highest BCUT2D eigenvalue weighted by atomic mass is 32.2. The maximum atomic E-state index is 12.5. The fraction of sp³-hybridized carbons (Fsp3) is 0.692. The van der Waals surface area contributed by atoms with Gasteiger partial charge in [0.2, 0.25) is 0 Å². The first-order valence-electron chi connectivity index (χ1n) is 7.19. The second-order valence-corrected chi connectivity index (χ2v) is 7.26. The third-order valence-electron chi connectivity index (χ3n) is 3.81. The van der Waals surface area contributed by atoms with Crippen LogP contribution in [0.3, 0.4) is 0 Å². The van der Waals surface area contributed by atoms with Crippen LogP contribution in [0, 0.1) is 5.92 Å². The molecular weight excluding hydrogens is 294 g/mol. The quantitative estimate of drug-likeness (QED) is 0.822. The molecule has 8 heteroatoms. The van der Waals surface area contributed by atoms with Crippen molar-refractivity contribution in [3.63, 3.8) is 0 Å². The van der Waals surface area contributed by atoms with Crippen molar-refractivity contribution in [2.75, 3.05) is 13.1 Å². The molecule has 0 radical (unpaired) electrons. The number of hydrogen-bond acceptors (Lipinski definition) is 4. The Labute approximate surface area is 124 Å². The molecule has 0 spiro atoms. The number of aromatic amines is 1. The zero-order chi connectivity index (χ0) is 15.5. The molecule has 0 aliphatic carbocycles. The second kappa shape index (κ2) is 6.57. The molecule has 1 saturated heterocycles. The van der Waals surface area contributed by atoms with Crippen LogP contribution in [0.25, 0.3) is 0 Å². The molecular formula is C13H21N3O4S. The van der Waals surface area contributed by atoms with Gasteiger partial charge in [-0.25, -0.2) is 13.4 Å². The Morgan fingerprint density at radius 2 is 2.33 bits per heavy atom. The van der Waals surface area contributed by atoms with Gasteiger partial charge in [-0.15, -0.1) is 0 Å². The third-order valence-corrected chi connectivity index (χ3v) is 5.58. The lowest BCUT2D eigenvalue weighted by atomic mass is 9.95. The minimum Gasteiger partial charge on any atom is -0.481 e. The fourth-order valence-electron chi connectivity index (χ4n) is 2.60. The van der Waals surface area contributed by atoms with E-state index in [1.807, 2.05) is 6.92 Å². The summed E-state index contributed by atoms with van der Waals surface area (Å²) < 4.78 is 26.5. The monoisotopic (exact) mass is 315 g/mol. The summed E-state index contributed by atoms with van der Waals surface area (Å²) in [5, 5.41) is 8.86. The number of carboxylic acids is 1. The summed E-state index contributed by atoms with van der Waals surface area (Å²) in [5.74, 6) is -0.0812. The maximum absolute atomic E-state index is 12.5. The van der Waals surface area contributed by atoms with Crippen LogP contribution in [0.2, 0.25) is 0 Å². The van der Waals surface area contributed by atoms with Crippen molar-refractivity contribution in [1.29, 1.82) is 0 Å². The Balaban J connectivity index is 2.07. The maximum Gasteiger partial charge on any atom is 0.303 e. The summed E-state index contributed by atoms with van der Waals surface area (Å²) in [5.41, 5.74) is 0. The summed E-state index contributed by atoms with van der Waals surface area (Å²) in [6.07, 6.45) is 4.25. The van der Waals surface area contributed by atoms with Crippen molar-refractivity contribution in [2.24, 2.45) is 5.92 Å². The largest absolute Gasteiger partial charge is 0.481 e. The lowest BCUT2D eigenvalue weighted by Crippen LogP contribution is -2.40. The lowest BCUT2D eigenvalue weighted by Gasteiger charge is -2.31. The van der Waals surface area contributed by atoms with E-state index in [9.17, 15) is 13.2 Å². The van der Waals surface area contributed by atoms with E-state index in [4.69, 9.17) is 5.11 Å².